The van der Waals surface area contributed by atoms with Crippen molar-refractivity contribution in [3.8, 4) is 0 Å². The van der Waals surface area contributed by atoms with Crippen LogP contribution in [0.1, 0.15) is 24.4 Å². The zero-order valence-corrected chi connectivity index (χ0v) is 7.63. The van der Waals surface area contributed by atoms with Crippen molar-refractivity contribution >= 4 is 0 Å². The van der Waals surface area contributed by atoms with Gasteiger partial charge in [-0.15, -0.1) is 0 Å². The first-order valence-corrected chi connectivity index (χ1v) is 4.60. The number of rotatable bonds is 2. The highest BCUT2D eigenvalue weighted by Crippen LogP contribution is 2.14. The SMILES string of the molecule is CCc1cc(=O)[nH]c(C2CNC2)n1. The van der Waals surface area contributed by atoms with E-state index in [1.165, 1.54) is 0 Å². The molecule has 0 aliphatic carbocycles. The first-order chi connectivity index (χ1) is 6.29. The largest absolute Gasteiger partial charge is 0.315 e. The zero-order valence-electron chi connectivity index (χ0n) is 7.63. The number of aromatic nitrogens is 2. The zero-order chi connectivity index (χ0) is 9.26. The summed E-state index contributed by atoms with van der Waals surface area (Å²) in [6.07, 6.45) is 0.817. The Kier molecular flexibility index (Phi) is 2.14. The van der Waals surface area contributed by atoms with Gasteiger partial charge in [-0.05, 0) is 6.42 Å². The molecule has 0 aromatic carbocycles. The fraction of sp³-hybridized carbons (Fsp3) is 0.556. The van der Waals surface area contributed by atoms with Crippen molar-refractivity contribution < 1.29 is 0 Å². The smallest absolute Gasteiger partial charge is 0.251 e. The monoisotopic (exact) mass is 179 g/mol. The third-order valence-electron chi connectivity index (χ3n) is 2.34. The number of aryl methyl sites for hydroxylation is 1. The molecule has 70 valence electrons. The van der Waals surface area contributed by atoms with Gasteiger partial charge in [0.1, 0.15) is 5.82 Å². The molecule has 0 radical (unpaired) electrons. The molecule has 4 heteroatoms. The molecule has 1 fully saturated rings. The minimum absolute atomic E-state index is 0.0336. The van der Waals surface area contributed by atoms with Gasteiger partial charge in [-0.2, -0.15) is 0 Å². The fourth-order valence-corrected chi connectivity index (χ4v) is 1.39. The van der Waals surface area contributed by atoms with E-state index >= 15 is 0 Å². The molecule has 13 heavy (non-hydrogen) atoms. The number of hydrogen-bond donors (Lipinski definition) is 2. The van der Waals surface area contributed by atoms with Gasteiger partial charge >= 0.3 is 0 Å². The number of hydrogen-bond acceptors (Lipinski definition) is 3. The number of aromatic amines is 1. The maximum atomic E-state index is 11.2. The van der Waals surface area contributed by atoms with E-state index < -0.39 is 0 Å². The molecule has 2 heterocycles. The molecule has 1 saturated heterocycles. The molecule has 0 saturated carbocycles. The molecule has 1 aliphatic rings. The summed E-state index contributed by atoms with van der Waals surface area (Å²) < 4.78 is 0. The fourth-order valence-electron chi connectivity index (χ4n) is 1.39. The Morgan fingerprint density at radius 3 is 2.92 bits per heavy atom. The Morgan fingerprint density at radius 1 is 1.62 bits per heavy atom. The van der Waals surface area contributed by atoms with Crippen LogP contribution in [-0.2, 0) is 6.42 Å². The molecule has 0 atom stereocenters. The van der Waals surface area contributed by atoms with Gasteiger partial charge in [0.2, 0.25) is 0 Å². The van der Waals surface area contributed by atoms with E-state index in [-0.39, 0.29) is 5.56 Å². The van der Waals surface area contributed by atoms with Crippen LogP contribution in [0.3, 0.4) is 0 Å². The normalized spacial score (nSPS) is 17.0. The van der Waals surface area contributed by atoms with Crippen LogP contribution in [0.2, 0.25) is 0 Å². The van der Waals surface area contributed by atoms with Gasteiger partial charge in [-0.3, -0.25) is 4.79 Å². The number of nitrogens with zero attached hydrogens (tertiary/aromatic N) is 1. The van der Waals surface area contributed by atoms with Gasteiger partial charge in [0.25, 0.3) is 5.56 Å². The van der Waals surface area contributed by atoms with Crippen LogP contribution < -0.4 is 10.9 Å². The van der Waals surface area contributed by atoms with E-state index in [1.54, 1.807) is 6.07 Å². The number of H-pyrrole nitrogens is 1. The van der Waals surface area contributed by atoms with Gasteiger partial charge in [-0.25, -0.2) is 4.98 Å². The molecular formula is C9H13N3O. The van der Waals surface area contributed by atoms with Crippen LogP contribution >= 0.6 is 0 Å². The summed E-state index contributed by atoms with van der Waals surface area (Å²) in [7, 11) is 0. The first-order valence-electron chi connectivity index (χ1n) is 4.60. The Labute approximate surface area is 76.4 Å². The molecule has 1 aromatic heterocycles. The van der Waals surface area contributed by atoms with Crippen molar-refractivity contribution in [2.24, 2.45) is 0 Å². The van der Waals surface area contributed by atoms with Gasteiger partial charge in [-0.1, -0.05) is 6.92 Å². The maximum Gasteiger partial charge on any atom is 0.251 e. The molecule has 2 rings (SSSR count). The van der Waals surface area contributed by atoms with Crippen LogP contribution in [-0.4, -0.2) is 23.1 Å². The second kappa shape index (κ2) is 3.30. The van der Waals surface area contributed by atoms with Gasteiger partial charge < -0.3 is 10.3 Å². The lowest BCUT2D eigenvalue weighted by Gasteiger charge is -2.25. The Morgan fingerprint density at radius 2 is 2.38 bits per heavy atom. The second-order valence-corrected chi connectivity index (χ2v) is 3.33. The van der Waals surface area contributed by atoms with E-state index in [0.717, 1.165) is 31.0 Å². The third-order valence-corrected chi connectivity index (χ3v) is 2.34. The van der Waals surface area contributed by atoms with Crippen LogP contribution in [0.4, 0.5) is 0 Å². The molecule has 0 amide bonds. The highest BCUT2D eigenvalue weighted by Gasteiger charge is 2.21. The van der Waals surface area contributed by atoms with Crippen molar-refractivity contribution in [1.29, 1.82) is 0 Å². The predicted octanol–water partition coefficient (Wildman–Crippen LogP) is 0.0191. The standard InChI is InChI=1S/C9H13N3O/c1-2-7-3-8(13)12-9(11-7)6-4-10-5-6/h3,6,10H,2,4-5H2,1H3,(H,11,12,13). The molecule has 0 bridgehead atoms. The minimum Gasteiger partial charge on any atom is -0.315 e. The van der Waals surface area contributed by atoms with Gasteiger partial charge in [0.15, 0.2) is 0 Å². The summed E-state index contributed by atoms with van der Waals surface area (Å²) in [5.74, 6) is 1.24. The van der Waals surface area contributed by atoms with Crippen LogP contribution in [0, 0.1) is 0 Å². The molecular weight excluding hydrogens is 166 g/mol. The third kappa shape index (κ3) is 1.62. The van der Waals surface area contributed by atoms with E-state index in [4.69, 9.17) is 0 Å². The maximum absolute atomic E-state index is 11.2. The summed E-state index contributed by atoms with van der Waals surface area (Å²) in [4.78, 5) is 18.4. The average molecular weight is 179 g/mol. The second-order valence-electron chi connectivity index (χ2n) is 3.33. The average Bonchev–Trinajstić information content (AvgIpc) is 2.00. The van der Waals surface area contributed by atoms with Crippen molar-refractivity contribution in [3.63, 3.8) is 0 Å². The van der Waals surface area contributed by atoms with Gasteiger partial charge in [0, 0.05) is 30.8 Å². The highest BCUT2D eigenvalue weighted by atomic mass is 16.1. The molecule has 2 N–H and O–H groups in total. The Hall–Kier alpha value is -1.16. The van der Waals surface area contributed by atoms with Crippen molar-refractivity contribution in [3.05, 3.63) is 27.9 Å². The summed E-state index contributed by atoms with van der Waals surface area (Å²) in [6, 6.07) is 1.57. The van der Waals surface area contributed by atoms with Crippen molar-refractivity contribution in [2.75, 3.05) is 13.1 Å². The van der Waals surface area contributed by atoms with Crippen molar-refractivity contribution in [1.82, 2.24) is 15.3 Å². The lowest BCUT2D eigenvalue weighted by molar-refractivity contribution is 0.428. The summed E-state index contributed by atoms with van der Waals surface area (Å²) >= 11 is 0. The summed E-state index contributed by atoms with van der Waals surface area (Å²) in [5, 5.41) is 3.15. The topological polar surface area (TPSA) is 57.8 Å². The molecule has 0 spiro atoms. The first kappa shape index (κ1) is 8.44. The minimum atomic E-state index is -0.0336. The van der Waals surface area contributed by atoms with E-state index in [9.17, 15) is 4.79 Å². The summed E-state index contributed by atoms with van der Waals surface area (Å²) in [5.41, 5.74) is 0.847. The molecule has 4 nitrogen and oxygen atoms in total. The van der Waals surface area contributed by atoms with Crippen LogP contribution in [0.25, 0.3) is 0 Å². The van der Waals surface area contributed by atoms with E-state index in [2.05, 4.69) is 15.3 Å². The number of nitrogens with one attached hydrogen (secondary N) is 2. The lowest BCUT2D eigenvalue weighted by atomic mass is 10.0. The molecule has 1 aliphatic heterocycles. The van der Waals surface area contributed by atoms with E-state index in [1.807, 2.05) is 6.92 Å². The van der Waals surface area contributed by atoms with Crippen LogP contribution in [0.5, 0.6) is 0 Å². The quantitative estimate of drug-likeness (QED) is 0.673. The molecule has 0 unspecified atom stereocenters. The van der Waals surface area contributed by atoms with Crippen molar-refractivity contribution in [2.45, 2.75) is 19.3 Å². The highest BCUT2D eigenvalue weighted by molar-refractivity contribution is 5.09. The van der Waals surface area contributed by atoms with Gasteiger partial charge in [0.05, 0.1) is 0 Å². The Balaban J connectivity index is 2.34. The lowest BCUT2D eigenvalue weighted by Crippen LogP contribution is -2.41. The summed E-state index contributed by atoms with van der Waals surface area (Å²) in [6.45, 7) is 3.86. The van der Waals surface area contributed by atoms with Crippen LogP contribution in [0.15, 0.2) is 10.9 Å². The van der Waals surface area contributed by atoms with E-state index in [0.29, 0.717) is 5.92 Å². The Bertz CT molecular complexity index is 354. The predicted molar refractivity (Wildman–Crippen MR) is 49.8 cm³/mol. The molecule has 1 aromatic rings.